The first-order chi connectivity index (χ1) is 10.4. The number of fused-ring (bicyclic) bond motifs is 1. The molecule has 3 rings (SSSR count). The summed E-state index contributed by atoms with van der Waals surface area (Å²) in [6.07, 6.45) is 3.46. The number of rotatable bonds is 3. The van der Waals surface area contributed by atoms with Gasteiger partial charge in [0.1, 0.15) is 11.4 Å². The van der Waals surface area contributed by atoms with E-state index in [1.54, 1.807) is 12.4 Å². The number of nitrogens with one attached hydrogen (secondary N) is 2. The lowest BCUT2D eigenvalue weighted by Crippen LogP contribution is -2.41. The fourth-order valence-electron chi connectivity index (χ4n) is 2.37. The van der Waals surface area contributed by atoms with E-state index in [1.807, 2.05) is 45.0 Å². The maximum Gasteiger partial charge on any atom is 0.253 e. The Morgan fingerprint density at radius 2 is 1.73 bits per heavy atom. The van der Waals surface area contributed by atoms with Crippen LogP contribution in [-0.4, -0.2) is 10.5 Å². The van der Waals surface area contributed by atoms with Crippen molar-refractivity contribution in [2.75, 3.05) is 10.6 Å². The topological polar surface area (TPSA) is 71.1 Å². The standard InChI is InChI=1S/C17H17N3O2/c1-17(2,3)20-14-13(15(21)16(14)22)19-12-6-4-5-10-9-18-8-7-11(10)12/h4-9,19-20H,1-3H3. The molecule has 22 heavy (non-hydrogen) atoms. The van der Waals surface area contributed by atoms with E-state index in [-0.39, 0.29) is 5.54 Å². The molecule has 0 atom stereocenters. The molecule has 2 N–H and O–H groups in total. The molecule has 112 valence electrons. The molecule has 0 aliphatic carbocycles. The second-order valence-corrected chi connectivity index (χ2v) is 6.31. The normalized spacial score (nSPS) is 11.8. The van der Waals surface area contributed by atoms with Gasteiger partial charge in [0.25, 0.3) is 10.9 Å². The molecule has 0 radical (unpaired) electrons. The average molecular weight is 295 g/mol. The molecule has 0 saturated carbocycles. The summed E-state index contributed by atoms with van der Waals surface area (Å²) in [7, 11) is 0. The summed E-state index contributed by atoms with van der Waals surface area (Å²) in [4.78, 5) is 27.7. The zero-order valence-electron chi connectivity index (χ0n) is 12.7. The molecule has 0 bridgehead atoms. The molecule has 0 fully saturated rings. The molecule has 0 aliphatic rings. The predicted molar refractivity (Wildman–Crippen MR) is 89.8 cm³/mol. The summed E-state index contributed by atoms with van der Waals surface area (Å²) in [5.74, 6) is 0. The molecule has 0 unspecified atom stereocenters. The van der Waals surface area contributed by atoms with Crippen LogP contribution < -0.4 is 21.5 Å². The molecule has 2 aromatic carbocycles. The van der Waals surface area contributed by atoms with Gasteiger partial charge in [-0.2, -0.15) is 0 Å². The van der Waals surface area contributed by atoms with Gasteiger partial charge in [0.05, 0.1) is 0 Å². The van der Waals surface area contributed by atoms with Gasteiger partial charge in [-0.3, -0.25) is 14.6 Å². The lowest BCUT2D eigenvalue weighted by molar-refractivity contribution is 0.632. The molecule has 0 spiro atoms. The lowest BCUT2D eigenvalue weighted by atomic mass is 10.1. The third-order valence-corrected chi connectivity index (χ3v) is 3.35. The Morgan fingerprint density at radius 3 is 2.45 bits per heavy atom. The number of hydrogen-bond donors (Lipinski definition) is 2. The van der Waals surface area contributed by atoms with Crippen LogP contribution in [0.1, 0.15) is 20.8 Å². The van der Waals surface area contributed by atoms with Gasteiger partial charge in [-0.05, 0) is 32.9 Å². The van der Waals surface area contributed by atoms with Gasteiger partial charge < -0.3 is 10.6 Å². The van der Waals surface area contributed by atoms with Crippen molar-refractivity contribution in [2.24, 2.45) is 0 Å². The van der Waals surface area contributed by atoms with E-state index in [1.165, 1.54) is 0 Å². The Hall–Kier alpha value is -2.69. The zero-order chi connectivity index (χ0) is 15.9. The maximum absolute atomic E-state index is 11.9. The third-order valence-electron chi connectivity index (χ3n) is 3.35. The third kappa shape index (κ3) is 2.45. The Bertz CT molecular complexity index is 910. The molecule has 1 heterocycles. The van der Waals surface area contributed by atoms with Crippen molar-refractivity contribution >= 4 is 27.8 Å². The summed E-state index contributed by atoms with van der Waals surface area (Å²) in [5, 5.41) is 8.10. The van der Waals surface area contributed by atoms with Crippen molar-refractivity contribution in [3.63, 3.8) is 0 Å². The zero-order valence-corrected chi connectivity index (χ0v) is 12.7. The van der Waals surface area contributed by atoms with E-state index in [4.69, 9.17) is 0 Å². The van der Waals surface area contributed by atoms with E-state index >= 15 is 0 Å². The molecular weight excluding hydrogens is 278 g/mol. The van der Waals surface area contributed by atoms with Crippen molar-refractivity contribution in [3.05, 3.63) is 57.1 Å². The number of nitrogens with zero attached hydrogens (tertiary/aromatic N) is 1. The van der Waals surface area contributed by atoms with Gasteiger partial charge in [0.2, 0.25) is 0 Å². The van der Waals surface area contributed by atoms with Crippen LogP contribution in [0, 0.1) is 0 Å². The summed E-state index contributed by atoms with van der Waals surface area (Å²) in [5.41, 5.74) is 0.204. The fourth-order valence-corrected chi connectivity index (χ4v) is 2.37. The monoisotopic (exact) mass is 295 g/mol. The van der Waals surface area contributed by atoms with Crippen LogP contribution in [0.15, 0.2) is 46.2 Å². The van der Waals surface area contributed by atoms with E-state index < -0.39 is 10.9 Å². The first-order valence-corrected chi connectivity index (χ1v) is 7.08. The number of aromatic nitrogens is 1. The van der Waals surface area contributed by atoms with Gasteiger partial charge >= 0.3 is 0 Å². The molecule has 0 amide bonds. The highest BCUT2D eigenvalue weighted by atomic mass is 16.2. The quantitative estimate of drug-likeness (QED) is 0.727. The highest BCUT2D eigenvalue weighted by Crippen LogP contribution is 2.28. The molecule has 1 aromatic heterocycles. The van der Waals surface area contributed by atoms with Gasteiger partial charge in [-0.1, -0.05) is 12.1 Å². The molecule has 5 nitrogen and oxygen atoms in total. The summed E-state index contributed by atoms with van der Waals surface area (Å²) < 4.78 is 0. The van der Waals surface area contributed by atoms with Crippen molar-refractivity contribution < 1.29 is 0 Å². The molecular formula is C17H17N3O2. The smallest absolute Gasteiger partial charge is 0.253 e. The second kappa shape index (κ2) is 4.94. The van der Waals surface area contributed by atoms with Crippen LogP contribution in [-0.2, 0) is 0 Å². The van der Waals surface area contributed by atoms with Crippen molar-refractivity contribution in [1.29, 1.82) is 0 Å². The highest BCUT2D eigenvalue weighted by molar-refractivity contribution is 5.96. The highest BCUT2D eigenvalue weighted by Gasteiger charge is 2.24. The van der Waals surface area contributed by atoms with Crippen molar-refractivity contribution in [3.8, 4) is 0 Å². The Balaban J connectivity index is 2.02. The maximum atomic E-state index is 11.9. The van der Waals surface area contributed by atoms with Crippen LogP contribution in [0.5, 0.6) is 0 Å². The number of hydrogen-bond acceptors (Lipinski definition) is 5. The van der Waals surface area contributed by atoms with E-state index in [0.717, 1.165) is 16.5 Å². The summed E-state index contributed by atoms with van der Waals surface area (Å²) >= 11 is 0. The van der Waals surface area contributed by atoms with Crippen LogP contribution >= 0.6 is 0 Å². The Kier molecular flexibility index (Phi) is 3.20. The van der Waals surface area contributed by atoms with Crippen LogP contribution in [0.3, 0.4) is 0 Å². The number of benzene rings is 1. The predicted octanol–water partition coefficient (Wildman–Crippen LogP) is 2.78. The van der Waals surface area contributed by atoms with Gasteiger partial charge in [-0.25, -0.2) is 0 Å². The average Bonchev–Trinajstić information content (AvgIpc) is 2.49. The van der Waals surface area contributed by atoms with E-state index in [9.17, 15) is 9.59 Å². The molecule has 3 aromatic rings. The Morgan fingerprint density at radius 1 is 1.00 bits per heavy atom. The van der Waals surface area contributed by atoms with Crippen molar-refractivity contribution in [1.82, 2.24) is 4.98 Å². The first-order valence-electron chi connectivity index (χ1n) is 7.08. The molecule has 5 heteroatoms. The van der Waals surface area contributed by atoms with E-state index in [0.29, 0.717) is 11.4 Å². The summed E-state index contributed by atoms with van der Waals surface area (Å²) in [6.45, 7) is 5.83. The largest absolute Gasteiger partial charge is 0.375 e. The minimum Gasteiger partial charge on any atom is -0.375 e. The first kappa shape index (κ1) is 14.3. The van der Waals surface area contributed by atoms with Gasteiger partial charge in [0.15, 0.2) is 0 Å². The summed E-state index contributed by atoms with van der Waals surface area (Å²) in [6, 6.07) is 7.58. The Labute approximate surface area is 127 Å². The van der Waals surface area contributed by atoms with Crippen molar-refractivity contribution in [2.45, 2.75) is 26.3 Å². The lowest BCUT2D eigenvalue weighted by Gasteiger charge is -2.25. The van der Waals surface area contributed by atoms with Crippen LogP contribution in [0.25, 0.3) is 10.8 Å². The van der Waals surface area contributed by atoms with Gasteiger partial charge in [0, 0.05) is 34.4 Å². The molecule has 0 saturated heterocycles. The molecule has 0 aliphatic heterocycles. The minimum atomic E-state index is -0.488. The minimum absolute atomic E-state index is 0.290. The fraction of sp³-hybridized carbons (Fsp3) is 0.235. The number of anilines is 3. The number of pyridine rings is 1. The SMILES string of the molecule is CC(C)(C)Nc1c(Nc2cccc3cnccc23)c(=O)c1=O. The van der Waals surface area contributed by atoms with E-state index in [2.05, 4.69) is 15.6 Å². The second-order valence-electron chi connectivity index (χ2n) is 6.31. The van der Waals surface area contributed by atoms with Gasteiger partial charge in [-0.15, -0.1) is 0 Å². The van der Waals surface area contributed by atoms with Crippen LogP contribution in [0.2, 0.25) is 0 Å². The van der Waals surface area contributed by atoms with Crippen LogP contribution in [0.4, 0.5) is 17.1 Å².